The summed E-state index contributed by atoms with van der Waals surface area (Å²) in [6.07, 6.45) is 0.782. The zero-order valence-electron chi connectivity index (χ0n) is 14.0. The van der Waals surface area contributed by atoms with Crippen LogP contribution in [0.5, 0.6) is 0 Å². The van der Waals surface area contributed by atoms with E-state index in [-0.39, 0.29) is 18.9 Å². The summed E-state index contributed by atoms with van der Waals surface area (Å²) in [7, 11) is 0. The summed E-state index contributed by atoms with van der Waals surface area (Å²) in [4.78, 5) is 11.8. The maximum atomic E-state index is 12.8. The molecule has 1 aromatic heterocycles. The third kappa shape index (κ3) is 4.70. The van der Waals surface area contributed by atoms with E-state index in [0.717, 1.165) is 16.9 Å². The number of urea groups is 1. The van der Waals surface area contributed by atoms with E-state index in [9.17, 15) is 14.3 Å². The molecule has 2 aromatic carbocycles. The van der Waals surface area contributed by atoms with Gasteiger partial charge in [0.05, 0.1) is 12.4 Å². The van der Waals surface area contributed by atoms with Crippen molar-refractivity contribution in [1.29, 1.82) is 0 Å². The fraction of sp³-hybridized carbons (Fsp3) is 0.150. The summed E-state index contributed by atoms with van der Waals surface area (Å²) in [5, 5.41) is 15.5. The van der Waals surface area contributed by atoms with E-state index in [1.54, 1.807) is 30.5 Å². The Morgan fingerprint density at radius 3 is 2.42 bits per heavy atom. The lowest BCUT2D eigenvalue weighted by Crippen LogP contribution is -2.37. The van der Waals surface area contributed by atoms with E-state index < -0.39 is 12.1 Å². The smallest absolute Gasteiger partial charge is 0.315 e. The second-order valence-corrected chi connectivity index (χ2v) is 5.81. The van der Waals surface area contributed by atoms with Crippen LogP contribution in [0.4, 0.5) is 9.18 Å². The second kappa shape index (κ2) is 8.31. The Morgan fingerprint density at radius 2 is 1.77 bits per heavy atom. The first-order valence-corrected chi connectivity index (χ1v) is 8.20. The molecule has 2 amide bonds. The van der Waals surface area contributed by atoms with Crippen molar-refractivity contribution < 1.29 is 18.7 Å². The van der Waals surface area contributed by atoms with E-state index in [2.05, 4.69) is 10.6 Å². The minimum Gasteiger partial charge on any atom is -0.464 e. The molecule has 134 valence electrons. The highest BCUT2D eigenvalue weighted by Gasteiger charge is 2.10. The molecule has 3 N–H and O–H groups in total. The van der Waals surface area contributed by atoms with Crippen LogP contribution in [0.2, 0.25) is 0 Å². The highest BCUT2D eigenvalue weighted by atomic mass is 19.1. The molecular weight excluding hydrogens is 335 g/mol. The Bertz CT molecular complexity index is 831. The summed E-state index contributed by atoms with van der Waals surface area (Å²) in [5.41, 5.74) is 2.39. The summed E-state index contributed by atoms with van der Waals surface area (Å²) in [6.45, 7) is 0.357. The van der Waals surface area contributed by atoms with Gasteiger partial charge in [0.25, 0.3) is 0 Å². The van der Waals surface area contributed by atoms with Gasteiger partial charge in [0, 0.05) is 18.7 Å². The predicted octanol–water partition coefficient (Wildman–Crippen LogP) is 3.62. The molecule has 5 nitrogen and oxygen atoms in total. The van der Waals surface area contributed by atoms with Gasteiger partial charge in [-0.15, -0.1) is 0 Å². The lowest BCUT2D eigenvalue weighted by Gasteiger charge is -2.13. The molecule has 0 aliphatic heterocycles. The van der Waals surface area contributed by atoms with Gasteiger partial charge in [0.1, 0.15) is 11.6 Å². The number of benzene rings is 2. The van der Waals surface area contributed by atoms with Crippen molar-refractivity contribution >= 4 is 6.03 Å². The number of furan rings is 1. The number of hydrogen-bond acceptors (Lipinski definition) is 3. The summed E-state index contributed by atoms with van der Waals surface area (Å²) in [5.74, 6) is 0.434. The van der Waals surface area contributed by atoms with Crippen LogP contribution in [0.3, 0.4) is 0 Å². The highest BCUT2D eigenvalue weighted by molar-refractivity contribution is 5.73. The monoisotopic (exact) mass is 354 g/mol. The van der Waals surface area contributed by atoms with Gasteiger partial charge in [0.2, 0.25) is 0 Å². The SMILES string of the molecule is O=C(NCc1ccc(F)cc1)NC[C@H](O)c1ccc(-c2ccco2)cc1. The molecule has 0 fully saturated rings. The van der Waals surface area contributed by atoms with Crippen molar-refractivity contribution in [2.45, 2.75) is 12.6 Å². The van der Waals surface area contributed by atoms with Crippen LogP contribution in [0, 0.1) is 5.82 Å². The number of amides is 2. The fourth-order valence-electron chi connectivity index (χ4n) is 2.47. The number of nitrogens with one attached hydrogen (secondary N) is 2. The van der Waals surface area contributed by atoms with Crippen molar-refractivity contribution in [3.05, 3.63) is 83.9 Å². The standard InChI is InChI=1S/C20H19FN2O3/c21-17-9-3-14(4-10-17)12-22-20(25)23-13-18(24)15-5-7-16(8-6-15)19-2-1-11-26-19/h1-11,18,24H,12-13H2,(H2,22,23,25)/t18-/m0/s1. The van der Waals surface area contributed by atoms with E-state index >= 15 is 0 Å². The molecule has 0 radical (unpaired) electrons. The minimum absolute atomic E-state index is 0.0787. The number of halogens is 1. The van der Waals surface area contributed by atoms with Gasteiger partial charge in [-0.05, 0) is 35.4 Å². The Balaban J connectivity index is 1.46. The van der Waals surface area contributed by atoms with Crippen molar-refractivity contribution in [3.8, 4) is 11.3 Å². The third-order valence-corrected chi connectivity index (χ3v) is 3.92. The molecule has 1 heterocycles. The zero-order valence-corrected chi connectivity index (χ0v) is 14.0. The molecule has 0 saturated carbocycles. The van der Waals surface area contributed by atoms with E-state index in [1.165, 1.54) is 12.1 Å². The van der Waals surface area contributed by atoms with Crippen LogP contribution >= 0.6 is 0 Å². The number of aliphatic hydroxyl groups excluding tert-OH is 1. The van der Waals surface area contributed by atoms with Crippen molar-refractivity contribution in [2.24, 2.45) is 0 Å². The molecule has 26 heavy (non-hydrogen) atoms. The highest BCUT2D eigenvalue weighted by Crippen LogP contribution is 2.22. The molecule has 0 aliphatic carbocycles. The normalized spacial score (nSPS) is 11.8. The minimum atomic E-state index is -0.822. The molecule has 3 aromatic rings. The first-order chi connectivity index (χ1) is 12.6. The molecule has 6 heteroatoms. The number of aliphatic hydroxyl groups is 1. The predicted molar refractivity (Wildman–Crippen MR) is 95.7 cm³/mol. The van der Waals surface area contributed by atoms with Gasteiger partial charge in [0.15, 0.2) is 0 Å². The molecule has 0 bridgehead atoms. The molecule has 0 spiro atoms. The van der Waals surface area contributed by atoms with Crippen molar-refractivity contribution in [1.82, 2.24) is 10.6 Å². The Morgan fingerprint density at radius 1 is 1.04 bits per heavy atom. The molecule has 0 unspecified atom stereocenters. The van der Waals surface area contributed by atoms with Crippen LogP contribution in [-0.4, -0.2) is 17.7 Å². The second-order valence-electron chi connectivity index (χ2n) is 5.81. The van der Waals surface area contributed by atoms with Crippen LogP contribution < -0.4 is 10.6 Å². The average molecular weight is 354 g/mol. The Labute approximate surface area is 150 Å². The lowest BCUT2D eigenvalue weighted by atomic mass is 10.1. The van der Waals surface area contributed by atoms with Gasteiger partial charge in [-0.3, -0.25) is 0 Å². The molecule has 3 rings (SSSR count). The Hall–Kier alpha value is -3.12. The van der Waals surface area contributed by atoms with Crippen LogP contribution in [-0.2, 0) is 6.54 Å². The maximum Gasteiger partial charge on any atom is 0.315 e. The number of carbonyl (C=O) groups is 1. The van der Waals surface area contributed by atoms with E-state index in [0.29, 0.717) is 5.56 Å². The van der Waals surface area contributed by atoms with Gasteiger partial charge < -0.3 is 20.2 Å². The van der Waals surface area contributed by atoms with E-state index in [4.69, 9.17) is 4.42 Å². The summed E-state index contributed by atoms with van der Waals surface area (Å²) in [6, 6.07) is 16.4. The maximum absolute atomic E-state index is 12.8. The topological polar surface area (TPSA) is 74.5 Å². The molecule has 0 saturated heterocycles. The first kappa shape index (κ1) is 17.7. The van der Waals surface area contributed by atoms with E-state index in [1.807, 2.05) is 24.3 Å². The Kier molecular flexibility index (Phi) is 5.66. The molecule has 0 aliphatic rings. The van der Waals surface area contributed by atoms with Gasteiger partial charge in [-0.25, -0.2) is 9.18 Å². The summed E-state index contributed by atoms with van der Waals surface area (Å²) >= 11 is 0. The summed E-state index contributed by atoms with van der Waals surface area (Å²) < 4.78 is 18.1. The van der Waals surface area contributed by atoms with Crippen LogP contribution in [0.25, 0.3) is 11.3 Å². The van der Waals surface area contributed by atoms with Gasteiger partial charge in [-0.1, -0.05) is 36.4 Å². The van der Waals surface area contributed by atoms with Crippen molar-refractivity contribution in [3.63, 3.8) is 0 Å². The zero-order chi connectivity index (χ0) is 18.4. The third-order valence-electron chi connectivity index (χ3n) is 3.92. The fourth-order valence-corrected chi connectivity index (χ4v) is 2.47. The first-order valence-electron chi connectivity index (χ1n) is 8.20. The van der Waals surface area contributed by atoms with Crippen molar-refractivity contribution in [2.75, 3.05) is 6.54 Å². The van der Waals surface area contributed by atoms with Gasteiger partial charge >= 0.3 is 6.03 Å². The van der Waals surface area contributed by atoms with Gasteiger partial charge in [-0.2, -0.15) is 0 Å². The van der Waals surface area contributed by atoms with Crippen LogP contribution in [0.15, 0.2) is 71.3 Å². The number of carbonyl (C=O) groups excluding carboxylic acids is 1. The van der Waals surface area contributed by atoms with Crippen LogP contribution in [0.1, 0.15) is 17.2 Å². The average Bonchev–Trinajstić information content (AvgIpc) is 3.20. The molecular formula is C20H19FN2O3. The molecule has 1 atom stereocenters. The number of hydrogen-bond donors (Lipinski definition) is 3. The lowest BCUT2D eigenvalue weighted by molar-refractivity contribution is 0.173. The largest absolute Gasteiger partial charge is 0.464 e. The quantitative estimate of drug-likeness (QED) is 0.633. The number of rotatable bonds is 6.